The van der Waals surface area contributed by atoms with Gasteiger partial charge in [-0.2, -0.15) is 0 Å². The fourth-order valence-corrected chi connectivity index (χ4v) is 4.86. The number of carbonyl (C=O) groups is 1. The molecule has 4 atom stereocenters. The highest BCUT2D eigenvalue weighted by Crippen LogP contribution is 2.42. The van der Waals surface area contributed by atoms with Gasteiger partial charge in [-0.1, -0.05) is 19.1 Å². The molecule has 0 radical (unpaired) electrons. The summed E-state index contributed by atoms with van der Waals surface area (Å²) in [5.74, 6) is 0.181. The third kappa shape index (κ3) is 2.84. The first-order valence-electron chi connectivity index (χ1n) is 7.76. The average molecular weight is 398 g/mol. The molecule has 0 unspecified atom stereocenters. The first-order valence-corrected chi connectivity index (χ1v) is 8.84. The van der Waals surface area contributed by atoms with E-state index < -0.39 is 0 Å². The Morgan fingerprint density at radius 2 is 2.24 bits per heavy atom. The quantitative estimate of drug-likeness (QED) is 0.628. The van der Waals surface area contributed by atoms with E-state index in [0.29, 0.717) is 6.04 Å². The van der Waals surface area contributed by atoms with Gasteiger partial charge in [0.1, 0.15) is 0 Å². The molecule has 1 aromatic carbocycles. The van der Waals surface area contributed by atoms with Crippen LogP contribution in [0.2, 0.25) is 0 Å². The Bertz CT molecular complexity index is 546. The molecule has 0 aliphatic carbocycles. The van der Waals surface area contributed by atoms with Gasteiger partial charge >= 0.3 is 5.97 Å². The smallest absolute Gasteiger partial charge is 0.310 e. The molecule has 21 heavy (non-hydrogen) atoms. The molecule has 0 saturated carbocycles. The largest absolute Gasteiger partial charge is 0.469 e. The van der Waals surface area contributed by atoms with E-state index >= 15 is 0 Å². The van der Waals surface area contributed by atoms with Crippen molar-refractivity contribution in [3.63, 3.8) is 0 Å². The molecule has 0 spiro atoms. The summed E-state index contributed by atoms with van der Waals surface area (Å²) < 4.78 is 6.39. The maximum atomic E-state index is 12.3. The zero-order valence-corrected chi connectivity index (χ0v) is 14.7. The number of benzene rings is 1. The fraction of sp³-hybridized carbons (Fsp3) is 0.588. The van der Waals surface area contributed by atoms with Crippen molar-refractivity contribution in [2.24, 2.45) is 5.92 Å². The van der Waals surface area contributed by atoms with E-state index in [-0.39, 0.29) is 23.8 Å². The Balaban J connectivity index is 1.94. The highest BCUT2D eigenvalue weighted by molar-refractivity contribution is 14.1. The molecule has 114 valence electrons. The predicted octanol–water partition coefficient (Wildman–Crippen LogP) is 3.25. The number of halogens is 1. The molecule has 2 fully saturated rings. The van der Waals surface area contributed by atoms with Crippen LogP contribution in [0.3, 0.4) is 0 Å². The van der Waals surface area contributed by atoms with Crippen molar-refractivity contribution in [1.29, 1.82) is 0 Å². The number of rotatable bonds is 3. The minimum absolute atomic E-state index is 0.0444. The van der Waals surface area contributed by atoms with Crippen LogP contribution in [0.1, 0.15) is 43.2 Å². The lowest BCUT2D eigenvalue weighted by atomic mass is 9.77. The molecule has 1 N–H and O–H groups in total. The van der Waals surface area contributed by atoms with Crippen LogP contribution in [0.5, 0.6) is 0 Å². The Kier molecular flexibility index (Phi) is 4.54. The van der Waals surface area contributed by atoms with Crippen LogP contribution in [-0.4, -0.2) is 25.2 Å². The van der Waals surface area contributed by atoms with Crippen molar-refractivity contribution in [3.8, 4) is 0 Å². The molecule has 3 rings (SSSR count). The highest BCUT2D eigenvalue weighted by Gasteiger charge is 2.46. The topological polar surface area (TPSA) is 38.3 Å². The summed E-state index contributed by atoms with van der Waals surface area (Å²) in [5.41, 5.74) is 2.68. The van der Waals surface area contributed by atoms with Crippen LogP contribution >= 0.6 is 22.6 Å². The number of nitrogens with one attached hydrogen (secondary N) is 1. The lowest BCUT2D eigenvalue weighted by Gasteiger charge is -2.36. The third-order valence-electron chi connectivity index (χ3n) is 5.04. The Morgan fingerprint density at radius 1 is 1.43 bits per heavy atom. The van der Waals surface area contributed by atoms with Crippen molar-refractivity contribution in [1.82, 2.24) is 5.32 Å². The first kappa shape index (κ1) is 15.3. The molecule has 0 aromatic heterocycles. The molecule has 0 amide bonds. The number of hydrogen-bond acceptors (Lipinski definition) is 3. The van der Waals surface area contributed by atoms with Crippen LogP contribution in [0, 0.1) is 9.49 Å². The van der Waals surface area contributed by atoms with Crippen molar-refractivity contribution in [2.75, 3.05) is 7.11 Å². The number of hydrogen-bond donors (Lipinski definition) is 1. The van der Waals surface area contributed by atoms with Crippen molar-refractivity contribution in [3.05, 3.63) is 32.9 Å². The van der Waals surface area contributed by atoms with Gasteiger partial charge in [0.15, 0.2) is 0 Å². The average Bonchev–Trinajstić information content (AvgIpc) is 2.87. The van der Waals surface area contributed by atoms with Gasteiger partial charge in [-0.25, -0.2) is 0 Å². The minimum atomic E-state index is -0.0626. The maximum Gasteiger partial charge on any atom is 0.310 e. The monoisotopic (exact) mass is 398 g/mol. The fourth-order valence-electron chi connectivity index (χ4n) is 3.94. The normalized spacial score (nSPS) is 31.2. The summed E-state index contributed by atoms with van der Waals surface area (Å²) in [7, 11) is 1.50. The SMILES string of the molecule is CCc1ccc([C@H]2C[C@@H]3CC[C@@H](N3)[C@H]2C(=O)O[11CH3])cc1I. The number of aryl methyl sites for hydroxylation is 1. The predicted molar refractivity (Wildman–Crippen MR) is 91.3 cm³/mol. The van der Waals surface area contributed by atoms with Crippen molar-refractivity contribution >= 4 is 28.6 Å². The summed E-state index contributed by atoms with van der Waals surface area (Å²) in [6, 6.07) is 7.54. The minimum Gasteiger partial charge on any atom is -0.469 e. The second-order valence-electron chi connectivity index (χ2n) is 6.14. The maximum absolute atomic E-state index is 12.3. The second-order valence-corrected chi connectivity index (χ2v) is 7.31. The van der Waals surface area contributed by atoms with Gasteiger partial charge in [0.25, 0.3) is 0 Å². The number of fused-ring (bicyclic) bond motifs is 2. The number of methoxy groups -OCH3 is 1. The van der Waals surface area contributed by atoms with Crippen LogP contribution < -0.4 is 5.32 Å². The third-order valence-corrected chi connectivity index (χ3v) is 6.05. The van der Waals surface area contributed by atoms with Gasteiger partial charge in [-0.15, -0.1) is 0 Å². The summed E-state index contributed by atoms with van der Waals surface area (Å²) in [6.07, 6.45) is 4.36. The molecular weight excluding hydrogens is 376 g/mol. The molecule has 2 aliphatic heterocycles. The van der Waals surface area contributed by atoms with E-state index in [1.807, 2.05) is 0 Å². The lowest BCUT2D eigenvalue weighted by molar-refractivity contribution is -0.148. The Hall–Kier alpha value is -0.620. The van der Waals surface area contributed by atoms with E-state index in [0.717, 1.165) is 19.3 Å². The number of carbonyl (C=O) groups excluding carboxylic acids is 1. The Labute approximate surface area is 140 Å². The molecule has 4 heteroatoms. The second kappa shape index (κ2) is 6.24. The van der Waals surface area contributed by atoms with Crippen LogP contribution in [0.4, 0.5) is 0 Å². The van der Waals surface area contributed by atoms with E-state index in [1.54, 1.807) is 0 Å². The van der Waals surface area contributed by atoms with Crippen molar-refractivity contribution < 1.29 is 9.53 Å². The summed E-state index contributed by atoms with van der Waals surface area (Å²) in [6.45, 7) is 2.18. The lowest BCUT2D eigenvalue weighted by Crippen LogP contribution is -2.48. The van der Waals surface area contributed by atoms with E-state index in [1.165, 1.54) is 28.2 Å². The van der Waals surface area contributed by atoms with Crippen molar-refractivity contribution in [2.45, 2.75) is 50.6 Å². The van der Waals surface area contributed by atoms with Gasteiger partial charge in [-0.3, -0.25) is 4.79 Å². The molecule has 2 aliphatic rings. The number of piperidine rings is 1. The van der Waals surface area contributed by atoms with E-state index in [2.05, 4.69) is 53.0 Å². The summed E-state index contributed by atoms with van der Waals surface area (Å²) in [5, 5.41) is 3.59. The molecule has 2 bridgehead atoms. The summed E-state index contributed by atoms with van der Waals surface area (Å²) >= 11 is 2.41. The van der Waals surface area contributed by atoms with Gasteiger partial charge in [0, 0.05) is 21.6 Å². The number of ether oxygens (including phenoxy) is 1. The van der Waals surface area contributed by atoms with Gasteiger partial charge in [0.05, 0.1) is 13.0 Å². The molecule has 1 aromatic rings. The highest BCUT2D eigenvalue weighted by atomic mass is 127. The van der Waals surface area contributed by atoms with Gasteiger partial charge in [0.2, 0.25) is 0 Å². The van der Waals surface area contributed by atoms with E-state index in [9.17, 15) is 4.79 Å². The van der Waals surface area contributed by atoms with Crippen LogP contribution in [-0.2, 0) is 16.0 Å². The van der Waals surface area contributed by atoms with E-state index in [4.69, 9.17) is 4.74 Å². The van der Waals surface area contributed by atoms with Gasteiger partial charge in [-0.05, 0) is 65.5 Å². The molecular formula is C17H22INO2. The molecule has 2 heterocycles. The van der Waals surface area contributed by atoms with Crippen LogP contribution in [0.25, 0.3) is 0 Å². The summed E-state index contributed by atoms with van der Waals surface area (Å²) in [4.78, 5) is 12.3. The zero-order valence-electron chi connectivity index (χ0n) is 12.6. The molecule has 2 saturated heterocycles. The first-order chi connectivity index (χ1) is 10.1. The zero-order chi connectivity index (χ0) is 15.0. The Morgan fingerprint density at radius 3 is 2.90 bits per heavy atom. The molecule has 3 nitrogen and oxygen atoms in total. The number of esters is 1. The van der Waals surface area contributed by atoms with Crippen LogP contribution in [0.15, 0.2) is 18.2 Å². The standard InChI is InChI=1S/C17H22INO2/c1-3-10-4-5-11(8-14(10)18)13-9-12-6-7-15(19-12)16(13)17(20)21-2/h4-5,8,12-13,15-16,19H,3,6-7,9H2,1-2H3/t12-,13+,15+,16-/m0/s1/i2-1. The van der Waals surface area contributed by atoms with Gasteiger partial charge < -0.3 is 10.1 Å².